The number of nitrogens with zero attached hydrogens (tertiary/aromatic N) is 1. The molecule has 2 amide bonds. The van der Waals surface area contributed by atoms with Crippen LogP contribution in [0.15, 0.2) is 59.5 Å². The van der Waals surface area contributed by atoms with Crippen molar-refractivity contribution >= 4 is 40.8 Å². The van der Waals surface area contributed by atoms with Gasteiger partial charge in [0.05, 0.1) is 10.5 Å². The molecule has 25 heavy (non-hydrogen) atoms. The molecule has 0 spiro atoms. The van der Waals surface area contributed by atoms with Gasteiger partial charge in [-0.1, -0.05) is 61.0 Å². The van der Waals surface area contributed by atoms with E-state index in [1.807, 2.05) is 37.3 Å². The van der Waals surface area contributed by atoms with Crippen LogP contribution < -0.4 is 0 Å². The molecule has 0 unspecified atom stereocenters. The second kappa shape index (κ2) is 7.89. The van der Waals surface area contributed by atoms with Crippen molar-refractivity contribution in [3.63, 3.8) is 0 Å². The molecule has 3 rings (SSSR count). The molecular formula is C20H18ClNO2S. The minimum Gasteiger partial charge on any atom is -0.274 e. The lowest BCUT2D eigenvalue weighted by Gasteiger charge is -2.13. The summed E-state index contributed by atoms with van der Waals surface area (Å²) in [5, 5.41) is 0.602. The van der Waals surface area contributed by atoms with Crippen LogP contribution in [0.2, 0.25) is 5.02 Å². The van der Waals surface area contributed by atoms with E-state index in [9.17, 15) is 9.59 Å². The third-order valence-electron chi connectivity index (χ3n) is 3.93. The number of hydrogen-bond donors (Lipinski definition) is 0. The van der Waals surface area contributed by atoms with E-state index in [2.05, 4.69) is 0 Å². The number of carbonyl (C=O) groups excluding carboxylic acids is 2. The molecule has 2 aromatic rings. The molecule has 3 nitrogen and oxygen atoms in total. The summed E-state index contributed by atoms with van der Waals surface area (Å²) < 4.78 is 0. The van der Waals surface area contributed by atoms with Crippen molar-refractivity contribution in [2.75, 3.05) is 6.54 Å². The van der Waals surface area contributed by atoms with Gasteiger partial charge in [0.15, 0.2) is 0 Å². The molecule has 0 saturated heterocycles. The van der Waals surface area contributed by atoms with Gasteiger partial charge in [-0.3, -0.25) is 14.5 Å². The highest BCUT2D eigenvalue weighted by molar-refractivity contribution is 8.03. The monoisotopic (exact) mass is 371 g/mol. The fourth-order valence-electron chi connectivity index (χ4n) is 2.72. The van der Waals surface area contributed by atoms with Crippen LogP contribution in [-0.4, -0.2) is 23.3 Å². The van der Waals surface area contributed by atoms with Crippen molar-refractivity contribution in [3.8, 4) is 0 Å². The smallest absolute Gasteiger partial charge is 0.267 e. The number of rotatable bonds is 6. The summed E-state index contributed by atoms with van der Waals surface area (Å²) in [5.41, 5.74) is 2.33. The van der Waals surface area contributed by atoms with Crippen LogP contribution in [0.4, 0.5) is 0 Å². The Bertz CT molecular complexity index is 815. The first kappa shape index (κ1) is 17.8. The molecule has 2 aromatic carbocycles. The molecule has 0 atom stereocenters. The van der Waals surface area contributed by atoms with Gasteiger partial charge in [-0.25, -0.2) is 0 Å². The number of imide groups is 1. The highest BCUT2D eigenvalue weighted by atomic mass is 35.5. The van der Waals surface area contributed by atoms with Crippen molar-refractivity contribution in [3.05, 3.63) is 75.7 Å². The Kier molecular flexibility index (Phi) is 5.61. The summed E-state index contributed by atoms with van der Waals surface area (Å²) in [6.45, 7) is 2.39. The van der Waals surface area contributed by atoms with E-state index < -0.39 is 0 Å². The third kappa shape index (κ3) is 3.80. The van der Waals surface area contributed by atoms with Gasteiger partial charge in [-0.2, -0.15) is 0 Å². The van der Waals surface area contributed by atoms with E-state index in [-0.39, 0.29) is 11.8 Å². The van der Waals surface area contributed by atoms with E-state index in [4.69, 9.17) is 11.6 Å². The Morgan fingerprint density at radius 3 is 2.28 bits per heavy atom. The standard InChI is InChI=1S/C20H18ClNO2S/c1-2-12-22-19(23)17(15-8-10-16(21)11-9-15)18(20(22)24)25-13-14-6-4-3-5-7-14/h3-11H,2,12-13H2,1H3. The van der Waals surface area contributed by atoms with Crippen LogP contribution in [0, 0.1) is 0 Å². The quantitative estimate of drug-likeness (QED) is 0.687. The molecular weight excluding hydrogens is 354 g/mol. The van der Waals surface area contributed by atoms with Crippen LogP contribution in [0.5, 0.6) is 0 Å². The molecule has 0 aromatic heterocycles. The summed E-state index contributed by atoms with van der Waals surface area (Å²) in [7, 11) is 0. The van der Waals surface area contributed by atoms with Gasteiger partial charge in [-0.05, 0) is 29.7 Å². The lowest BCUT2D eigenvalue weighted by molar-refractivity contribution is -0.136. The first-order valence-electron chi connectivity index (χ1n) is 8.15. The van der Waals surface area contributed by atoms with Gasteiger partial charge in [-0.15, -0.1) is 11.8 Å². The Balaban J connectivity index is 1.95. The predicted molar refractivity (Wildman–Crippen MR) is 103 cm³/mol. The van der Waals surface area contributed by atoms with Crippen LogP contribution in [0.1, 0.15) is 24.5 Å². The first-order chi connectivity index (χ1) is 12.1. The van der Waals surface area contributed by atoms with E-state index in [1.54, 1.807) is 24.3 Å². The van der Waals surface area contributed by atoms with Crippen LogP contribution in [-0.2, 0) is 15.3 Å². The Hall–Kier alpha value is -2.04. The SMILES string of the molecule is CCCN1C(=O)C(SCc2ccccc2)=C(c2ccc(Cl)cc2)C1=O. The minimum absolute atomic E-state index is 0.197. The highest BCUT2D eigenvalue weighted by Gasteiger charge is 2.38. The number of thioether (sulfide) groups is 1. The maximum Gasteiger partial charge on any atom is 0.267 e. The zero-order valence-electron chi connectivity index (χ0n) is 13.9. The van der Waals surface area contributed by atoms with E-state index in [1.165, 1.54) is 16.7 Å². The number of hydrogen-bond acceptors (Lipinski definition) is 3. The molecule has 0 radical (unpaired) electrons. The number of carbonyl (C=O) groups is 2. The van der Waals surface area contributed by atoms with Crippen molar-refractivity contribution in [1.82, 2.24) is 4.90 Å². The average molecular weight is 372 g/mol. The molecule has 5 heteroatoms. The first-order valence-corrected chi connectivity index (χ1v) is 9.51. The molecule has 1 heterocycles. The fourth-order valence-corrected chi connectivity index (χ4v) is 3.93. The molecule has 0 fully saturated rings. The topological polar surface area (TPSA) is 37.4 Å². The van der Waals surface area contributed by atoms with E-state index >= 15 is 0 Å². The maximum atomic E-state index is 12.8. The second-order valence-electron chi connectivity index (χ2n) is 5.75. The molecule has 0 bridgehead atoms. The summed E-state index contributed by atoms with van der Waals surface area (Å²) in [6.07, 6.45) is 0.738. The van der Waals surface area contributed by atoms with Crippen LogP contribution in [0.3, 0.4) is 0 Å². The van der Waals surface area contributed by atoms with Crippen LogP contribution in [0.25, 0.3) is 5.57 Å². The average Bonchev–Trinajstić information content (AvgIpc) is 2.86. The maximum absolute atomic E-state index is 12.8. The Morgan fingerprint density at radius 1 is 0.960 bits per heavy atom. The van der Waals surface area contributed by atoms with Crippen molar-refractivity contribution in [1.29, 1.82) is 0 Å². The van der Waals surface area contributed by atoms with Gasteiger partial charge >= 0.3 is 0 Å². The zero-order chi connectivity index (χ0) is 17.8. The van der Waals surface area contributed by atoms with Crippen molar-refractivity contribution in [2.45, 2.75) is 19.1 Å². The molecule has 0 aliphatic carbocycles. The number of halogens is 1. The van der Waals surface area contributed by atoms with E-state index in [0.29, 0.717) is 27.8 Å². The van der Waals surface area contributed by atoms with Crippen molar-refractivity contribution in [2.24, 2.45) is 0 Å². The fraction of sp³-hybridized carbons (Fsp3) is 0.200. The van der Waals surface area contributed by atoms with Crippen LogP contribution >= 0.6 is 23.4 Å². The number of amides is 2. The molecule has 1 aliphatic heterocycles. The van der Waals surface area contributed by atoms with Gasteiger partial charge in [0, 0.05) is 17.3 Å². The lowest BCUT2D eigenvalue weighted by atomic mass is 10.1. The summed E-state index contributed by atoms with van der Waals surface area (Å²) >= 11 is 7.38. The van der Waals surface area contributed by atoms with E-state index in [0.717, 1.165) is 17.5 Å². The largest absolute Gasteiger partial charge is 0.274 e. The Labute approximate surface area is 156 Å². The number of benzene rings is 2. The Morgan fingerprint density at radius 2 is 1.64 bits per heavy atom. The molecule has 128 valence electrons. The third-order valence-corrected chi connectivity index (χ3v) is 5.33. The van der Waals surface area contributed by atoms with Gasteiger partial charge in [0.1, 0.15) is 0 Å². The summed E-state index contributed by atoms with van der Waals surface area (Å²) in [5.74, 6) is 0.231. The highest BCUT2D eigenvalue weighted by Crippen LogP contribution is 2.37. The van der Waals surface area contributed by atoms with Gasteiger partial charge in [0.2, 0.25) is 0 Å². The van der Waals surface area contributed by atoms with Crippen molar-refractivity contribution < 1.29 is 9.59 Å². The minimum atomic E-state index is -0.218. The summed E-state index contributed by atoms with van der Waals surface area (Å²) in [6, 6.07) is 17.0. The second-order valence-corrected chi connectivity index (χ2v) is 7.17. The molecule has 0 N–H and O–H groups in total. The molecule has 0 saturated carbocycles. The lowest BCUT2D eigenvalue weighted by Crippen LogP contribution is -2.32. The molecule has 1 aliphatic rings. The van der Waals surface area contributed by atoms with Gasteiger partial charge in [0.25, 0.3) is 11.8 Å². The normalized spacial score (nSPS) is 14.6. The predicted octanol–water partition coefficient (Wildman–Crippen LogP) is 4.76. The van der Waals surface area contributed by atoms with Gasteiger partial charge < -0.3 is 0 Å². The zero-order valence-corrected chi connectivity index (χ0v) is 15.4. The summed E-state index contributed by atoms with van der Waals surface area (Å²) in [4.78, 5) is 27.5.